The zero-order valence-electron chi connectivity index (χ0n) is 18.9. The molecule has 2 atom stereocenters. The number of fused-ring (bicyclic) bond motifs is 1. The van der Waals surface area contributed by atoms with Crippen LogP contribution in [0.25, 0.3) is 28.5 Å². The molecule has 2 unspecified atom stereocenters. The first-order valence-electron chi connectivity index (χ1n) is 11.2. The molecule has 3 aromatic heterocycles. The summed E-state index contributed by atoms with van der Waals surface area (Å²) in [5.74, 6) is 1.52. The summed E-state index contributed by atoms with van der Waals surface area (Å²) in [4.78, 5) is 32.2. The Morgan fingerprint density at radius 1 is 1.15 bits per heavy atom. The molecule has 1 fully saturated rings. The molecule has 1 aliphatic heterocycles. The van der Waals surface area contributed by atoms with Crippen molar-refractivity contribution in [3.63, 3.8) is 0 Å². The van der Waals surface area contributed by atoms with Crippen LogP contribution in [0.1, 0.15) is 25.8 Å². The zero-order chi connectivity index (χ0) is 23.1. The van der Waals surface area contributed by atoms with Gasteiger partial charge in [-0.1, -0.05) is 42.8 Å². The molecule has 1 saturated heterocycles. The van der Waals surface area contributed by atoms with E-state index in [0.29, 0.717) is 42.0 Å². The number of likely N-dealkylation sites (tertiary alicyclic amines) is 1. The van der Waals surface area contributed by atoms with Crippen molar-refractivity contribution in [2.75, 3.05) is 13.1 Å². The molecular formula is C24H26N6O3. The van der Waals surface area contributed by atoms with Crippen LogP contribution in [0, 0.1) is 18.8 Å². The minimum atomic E-state index is -0.378. The summed E-state index contributed by atoms with van der Waals surface area (Å²) in [5, 5.41) is 8.54. The summed E-state index contributed by atoms with van der Waals surface area (Å²) in [6.07, 6.45) is 2.73. The minimum absolute atomic E-state index is 0.0972. The van der Waals surface area contributed by atoms with Crippen LogP contribution in [0.3, 0.4) is 0 Å². The Labute approximate surface area is 190 Å². The number of benzene rings is 1. The lowest BCUT2D eigenvalue weighted by Gasteiger charge is -2.34. The number of carbonyl (C=O) groups is 1. The van der Waals surface area contributed by atoms with Crippen LogP contribution < -0.4 is 5.69 Å². The van der Waals surface area contributed by atoms with Gasteiger partial charge < -0.3 is 9.42 Å². The largest absolute Gasteiger partial charge is 0.350 e. The maximum atomic E-state index is 12.9. The van der Waals surface area contributed by atoms with Crippen LogP contribution in [0.5, 0.6) is 0 Å². The first kappa shape index (κ1) is 21.1. The summed E-state index contributed by atoms with van der Waals surface area (Å²) < 4.78 is 8.12. The van der Waals surface area contributed by atoms with E-state index in [1.807, 2.05) is 36.1 Å². The van der Waals surface area contributed by atoms with Crippen LogP contribution in [-0.4, -0.2) is 48.2 Å². The quantitative estimate of drug-likeness (QED) is 0.478. The van der Waals surface area contributed by atoms with Gasteiger partial charge in [0, 0.05) is 24.8 Å². The van der Waals surface area contributed by atoms with Gasteiger partial charge >= 0.3 is 5.69 Å². The van der Waals surface area contributed by atoms with Gasteiger partial charge in [0.05, 0.1) is 5.56 Å². The predicted molar refractivity (Wildman–Crippen MR) is 122 cm³/mol. The Bertz CT molecular complexity index is 1370. The number of carbonyl (C=O) groups excluding carboxylic acids is 1. The summed E-state index contributed by atoms with van der Waals surface area (Å²) in [5.41, 5.74) is 2.46. The number of pyridine rings is 1. The lowest BCUT2D eigenvalue weighted by atomic mass is 9.92. The number of nitrogens with zero attached hydrogens (tertiary/aromatic N) is 6. The first-order chi connectivity index (χ1) is 15.9. The maximum absolute atomic E-state index is 12.9. The fourth-order valence-corrected chi connectivity index (χ4v) is 4.64. The Hall–Kier alpha value is -3.75. The smallest absolute Gasteiger partial charge is 0.341 e. The van der Waals surface area contributed by atoms with Crippen LogP contribution in [0.15, 0.2) is 51.9 Å². The Morgan fingerprint density at radius 3 is 2.70 bits per heavy atom. The van der Waals surface area contributed by atoms with E-state index in [1.54, 1.807) is 18.3 Å². The molecule has 9 nitrogen and oxygen atoms in total. The number of piperidine rings is 1. The molecule has 0 radical (unpaired) electrons. The monoisotopic (exact) mass is 446 g/mol. The van der Waals surface area contributed by atoms with Gasteiger partial charge in [-0.15, -0.1) is 5.10 Å². The summed E-state index contributed by atoms with van der Waals surface area (Å²) in [6, 6.07) is 11.3. The number of amides is 1. The SMILES string of the molecule is Cc1cccc(-c2noc(-c3cccn4c(=O)n(CC(=O)N5CC(C)CC(C)C5)nc34)n2)c1. The molecule has 9 heteroatoms. The molecule has 4 aromatic rings. The molecule has 1 aliphatic rings. The van der Waals surface area contributed by atoms with Gasteiger partial charge in [-0.2, -0.15) is 4.98 Å². The predicted octanol–water partition coefficient (Wildman–Crippen LogP) is 3.03. The van der Waals surface area contributed by atoms with Crippen molar-refractivity contribution in [2.45, 2.75) is 33.7 Å². The van der Waals surface area contributed by atoms with E-state index in [2.05, 4.69) is 29.1 Å². The van der Waals surface area contributed by atoms with Crippen LogP contribution in [0.4, 0.5) is 0 Å². The van der Waals surface area contributed by atoms with E-state index >= 15 is 0 Å². The summed E-state index contributed by atoms with van der Waals surface area (Å²) >= 11 is 0. The fraction of sp³-hybridized carbons (Fsp3) is 0.375. The van der Waals surface area contributed by atoms with E-state index in [9.17, 15) is 9.59 Å². The topological polar surface area (TPSA) is 98.5 Å². The molecular weight excluding hydrogens is 420 g/mol. The zero-order valence-corrected chi connectivity index (χ0v) is 18.9. The number of hydrogen-bond acceptors (Lipinski definition) is 6. The number of hydrogen-bond donors (Lipinski definition) is 0. The van der Waals surface area contributed by atoms with Crippen molar-refractivity contribution >= 4 is 11.6 Å². The molecule has 0 saturated carbocycles. The third-order valence-electron chi connectivity index (χ3n) is 6.05. The maximum Gasteiger partial charge on any atom is 0.350 e. The highest BCUT2D eigenvalue weighted by Gasteiger charge is 2.26. The lowest BCUT2D eigenvalue weighted by molar-refractivity contribution is -0.134. The summed E-state index contributed by atoms with van der Waals surface area (Å²) in [7, 11) is 0. The third-order valence-corrected chi connectivity index (χ3v) is 6.05. The van der Waals surface area contributed by atoms with Crippen LogP contribution >= 0.6 is 0 Å². The standard InChI is InChI=1S/C24H26N6O3/c1-15-6-4-7-18(11-15)21-25-23(33-27-21)19-8-5-9-29-22(19)26-30(24(29)32)14-20(31)28-12-16(2)10-17(3)13-28/h4-9,11,16-17H,10,12-14H2,1-3H3. The highest BCUT2D eigenvalue weighted by molar-refractivity contribution is 5.76. The molecule has 1 aromatic carbocycles. The van der Waals surface area contributed by atoms with Crippen molar-refractivity contribution in [2.24, 2.45) is 11.8 Å². The highest BCUT2D eigenvalue weighted by atomic mass is 16.5. The van der Waals surface area contributed by atoms with E-state index in [4.69, 9.17) is 4.52 Å². The normalized spacial score (nSPS) is 18.7. The van der Waals surface area contributed by atoms with E-state index in [1.165, 1.54) is 9.08 Å². The molecule has 4 heterocycles. The van der Waals surface area contributed by atoms with Gasteiger partial charge in [-0.25, -0.2) is 13.9 Å². The van der Waals surface area contributed by atoms with Crippen molar-refractivity contribution in [3.8, 4) is 22.8 Å². The Kier molecular flexibility index (Phi) is 5.32. The van der Waals surface area contributed by atoms with Gasteiger partial charge in [0.15, 0.2) is 5.65 Å². The molecule has 170 valence electrons. The van der Waals surface area contributed by atoms with E-state index in [-0.39, 0.29) is 24.0 Å². The molecule has 1 amide bonds. The van der Waals surface area contributed by atoms with Crippen LogP contribution in [-0.2, 0) is 11.3 Å². The van der Waals surface area contributed by atoms with Gasteiger partial charge in [0.1, 0.15) is 6.54 Å². The molecule has 0 bridgehead atoms. The molecule has 5 rings (SSSR count). The number of aryl methyl sites for hydroxylation is 1. The van der Waals surface area contributed by atoms with E-state index in [0.717, 1.165) is 17.5 Å². The average Bonchev–Trinajstić information content (AvgIpc) is 3.39. The Balaban J connectivity index is 1.46. The number of rotatable bonds is 4. The first-order valence-corrected chi connectivity index (χ1v) is 11.2. The summed E-state index contributed by atoms with van der Waals surface area (Å²) in [6.45, 7) is 7.61. The average molecular weight is 447 g/mol. The third kappa shape index (κ3) is 4.06. The van der Waals surface area contributed by atoms with Crippen molar-refractivity contribution in [1.82, 2.24) is 29.2 Å². The van der Waals surface area contributed by atoms with Crippen LogP contribution in [0.2, 0.25) is 0 Å². The van der Waals surface area contributed by atoms with Gasteiger partial charge in [-0.3, -0.25) is 4.79 Å². The van der Waals surface area contributed by atoms with Gasteiger partial charge in [0.2, 0.25) is 11.7 Å². The van der Waals surface area contributed by atoms with E-state index < -0.39 is 0 Å². The second-order valence-corrected chi connectivity index (χ2v) is 9.09. The Morgan fingerprint density at radius 2 is 1.94 bits per heavy atom. The van der Waals surface area contributed by atoms with Crippen molar-refractivity contribution in [3.05, 3.63) is 58.6 Å². The molecule has 33 heavy (non-hydrogen) atoms. The second-order valence-electron chi connectivity index (χ2n) is 9.09. The van der Waals surface area contributed by atoms with Crippen molar-refractivity contribution < 1.29 is 9.32 Å². The lowest BCUT2D eigenvalue weighted by Crippen LogP contribution is -2.45. The minimum Gasteiger partial charge on any atom is -0.341 e. The molecule has 0 spiro atoms. The highest BCUT2D eigenvalue weighted by Crippen LogP contribution is 2.25. The number of aromatic nitrogens is 5. The second kappa shape index (κ2) is 8.31. The van der Waals surface area contributed by atoms with Crippen molar-refractivity contribution in [1.29, 1.82) is 0 Å². The fourth-order valence-electron chi connectivity index (χ4n) is 4.64. The van der Waals surface area contributed by atoms with Gasteiger partial charge in [-0.05, 0) is 43.4 Å². The molecule has 0 aliphatic carbocycles. The molecule has 0 N–H and O–H groups in total. The van der Waals surface area contributed by atoms with Gasteiger partial charge in [0.25, 0.3) is 5.89 Å².